The third-order valence-electron chi connectivity index (χ3n) is 2.91. The van der Waals surface area contributed by atoms with Crippen LogP contribution in [-0.4, -0.2) is 18.9 Å². The molecule has 0 aromatic heterocycles. The minimum absolute atomic E-state index is 0.0633. The highest BCUT2D eigenvalue weighted by Crippen LogP contribution is 2.24. The molecular weight excluding hydrogens is 205 g/mol. The van der Waals surface area contributed by atoms with Crippen LogP contribution in [0, 0.1) is 5.82 Å². The van der Waals surface area contributed by atoms with E-state index in [1.165, 1.54) is 13.0 Å². The summed E-state index contributed by atoms with van der Waals surface area (Å²) >= 11 is 0. The Morgan fingerprint density at radius 2 is 2.06 bits per heavy atom. The molecule has 0 saturated carbocycles. The summed E-state index contributed by atoms with van der Waals surface area (Å²) in [7, 11) is 0. The third kappa shape index (κ3) is 2.40. The van der Waals surface area contributed by atoms with E-state index in [-0.39, 0.29) is 11.6 Å². The largest absolute Gasteiger partial charge is 0.369 e. The number of hydrogen-bond donors (Lipinski definition) is 0. The van der Waals surface area contributed by atoms with Crippen molar-refractivity contribution in [3.63, 3.8) is 0 Å². The zero-order chi connectivity index (χ0) is 11.5. The fourth-order valence-corrected chi connectivity index (χ4v) is 2.16. The lowest BCUT2D eigenvalue weighted by molar-refractivity contribution is -0.116. The monoisotopic (exact) mass is 221 g/mol. The number of carbonyl (C=O) groups is 1. The Kier molecular flexibility index (Phi) is 3.22. The van der Waals surface area contributed by atoms with E-state index in [2.05, 4.69) is 4.90 Å². The molecule has 16 heavy (non-hydrogen) atoms. The fourth-order valence-electron chi connectivity index (χ4n) is 2.16. The van der Waals surface area contributed by atoms with Gasteiger partial charge in [-0.2, -0.15) is 0 Å². The molecule has 2 nitrogen and oxygen atoms in total. The summed E-state index contributed by atoms with van der Waals surface area (Å²) < 4.78 is 13.8. The summed E-state index contributed by atoms with van der Waals surface area (Å²) in [4.78, 5) is 13.0. The molecule has 1 saturated heterocycles. The van der Waals surface area contributed by atoms with Gasteiger partial charge in [0.15, 0.2) is 0 Å². The summed E-state index contributed by atoms with van der Waals surface area (Å²) in [6.45, 7) is 3.39. The van der Waals surface area contributed by atoms with E-state index in [4.69, 9.17) is 0 Å². The van der Waals surface area contributed by atoms with Crippen molar-refractivity contribution in [1.29, 1.82) is 0 Å². The molecule has 2 rings (SSSR count). The molecule has 1 aromatic rings. The summed E-state index contributed by atoms with van der Waals surface area (Å²) in [6, 6.07) is 5.12. The van der Waals surface area contributed by atoms with Crippen LogP contribution in [0.5, 0.6) is 0 Å². The molecular formula is C13H16FNO. The molecule has 0 radical (unpaired) electrons. The summed E-state index contributed by atoms with van der Waals surface area (Å²) in [5.41, 5.74) is 1.43. The number of nitrogens with zero attached hydrogens (tertiary/aromatic N) is 1. The Labute approximate surface area is 95.1 Å². The van der Waals surface area contributed by atoms with Gasteiger partial charge in [-0.3, -0.25) is 4.79 Å². The zero-order valence-electron chi connectivity index (χ0n) is 9.50. The Morgan fingerprint density at radius 1 is 1.38 bits per heavy atom. The van der Waals surface area contributed by atoms with Crippen LogP contribution in [0.4, 0.5) is 10.1 Å². The van der Waals surface area contributed by atoms with E-state index in [0.717, 1.165) is 31.5 Å². The molecule has 1 aliphatic rings. The molecule has 1 heterocycles. The van der Waals surface area contributed by atoms with Gasteiger partial charge in [0.05, 0.1) is 5.69 Å². The van der Waals surface area contributed by atoms with E-state index in [9.17, 15) is 9.18 Å². The second-order valence-electron chi connectivity index (χ2n) is 4.36. The molecule has 1 aliphatic heterocycles. The number of Topliss-reactive ketones (excluding diaryl/α,β-unsaturated/α-hetero) is 1. The number of carbonyl (C=O) groups excluding carboxylic acids is 1. The van der Waals surface area contributed by atoms with E-state index < -0.39 is 0 Å². The molecule has 86 valence electrons. The Hall–Kier alpha value is -1.38. The first-order valence-electron chi connectivity index (χ1n) is 5.69. The second-order valence-corrected chi connectivity index (χ2v) is 4.36. The van der Waals surface area contributed by atoms with E-state index >= 15 is 0 Å². The van der Waals surface area contributed by atoms with Crippen LogP contribution in [0.25, 0.3) is 0 Å². The minimum atomic E-state index is -0.208. The number of anilines is 1. The normalized spacial score (nSPS) is 15.5. The van der Waals surface area contributed by atoms with Gasteiger partial charge in [-0.15, -0.1) is 0 Å². The molecule has 0 atom stereocenters. The van der Waals surface area contributed by atoms with Crippen molar-refractivity contribution in [2.24, 2.45) is 0 Å². The molecule has 0 aliphatic carbocycles. The number of hydrogen-bond acceptors (Lipinski definition) is 2. The van der Waals surface area contributed by atoms with Gasteiger partial charge in [0.2, 0.25) is 0 Å². The highest BCUT2D eigenvalue weighted by Gasteiger charge is 2.16. The lowest BCUT2D eigenvalue weighted by atomic mass is 10.1. The van der Waals surface area contributed by atoms with Crippen molar-refractivity contribution < 1.29 is 9.18 Å². The molecule has 0 bridgehead atoms. The lowest BCUT2D eigenvalue weighted by Crippen LogP contribution is -2.19. The van der Waals surface area contributed by atoms with Crippen molar-refractivity contribution in [1.82, 2.24) is 0 Å². The Balaban J connectivity index is 2.18. The predicted octanol–water partition coefficient (Wildman–Crippen LogP) is 2.56. The first kappa shape index (κ1) is 11.1. The van der Waals surface area contributed by atoms with Crippen LogP contribution < -0.4 is 4.90 Å². The van der Waals surface area contributed by atoms with Crippen LogP contribution in [0.2, 0.25) is 0 Å². The van der Waals surface area contributed by atoms with Gasteiger partial charge < -0.3 is 4.90 Å². The standard InChI is InChI=1S/C13H16FNO/c1-10(16)8-11-4-5-13(12(14)9-11)15-6-2-3-7-15/h4-5,9H,2-3,6-8H2,1H3. The van der Waals surface area contributed by atoms with Crippen molar-refractivity contribution in [2.75, 3.05) is 18.0 Å². The van der Waals surface area contributed by atoms with Crippen LogP contribution in [0.1, 0.15) is 25.3 Å². The zero-order valence-corrected chi connectivity index (χ0v) is 9.50. The van der Waals surface area contributed by atoms with Crippen LogP contribution in [0.15, 0.2) is 18.2 Å². The Bertz CT molecular complexity index is 397. The highest BCUT2D eigenvalue weighted by molar-refractivity contribution is 5.78. The lowest BCUT2D eigenvalue weighted by Gasteiger charge is -2.18. The first-order chi connectivity index (χ1) is 7.66. The summed E-state index contributed by atoms with van der Waals surface area (Å²) in [5.74, 6) is -0.144. The number of benzene rings is 1. The molecule has 0 unspecified atom stereocenters. The smallest absolute Gasteiger partial charge is 0.146 e. The van der Waals surface area contributed by atoms with Crippen molar-refractivity contribution in [2.45, 2.75) is 26.2 Å². The predicted molar refractivity (Wildman–Crippen MR) is 62.2 cm³/mol. The first-order valence-corrected chi connectivity index (χ1v) is 5.69. The fraction of sp³-hybridized carbons (Fsp3) is 0.462. The van der Waals surface area contributed by atoms with Crippen molar-refractivity contribution >= 4 is 11.5 Å². The maximum atomic E-state index is 13.8. The average molecular weight is 221 g/mol. The molecule has 0 N–H and O–H groups in total. The maximum Gasteiger partial charge on any atom is 0.146 e. The van der Waals surface area contributed by atoms with Crippen LogP contribution in [-0.2, 0) is 11.2 Å². The molecule has 1 aromatic carbocycles. The van der Waals surface area contributed by atoms with Crippen molar-refractivity contribution in [3.8, 4) is 0 Å². The summed E-state index contributed by atoms with van der Waals surface area (Å²) in [6.07, 6.45) is 2.58. The van der Waals surface area contributed by atoms with Crippen molar-refractivity contribution in [3.05, 3.63) is 29.6 Å². The topological polar surface area (TPSA) is 20.3 Å². The molecule has 3 heteroatoms. The number of halogens is 1. The van der Waals surface area contributed by atoms with Crippen LogP contribution >= 0.6 is 0 Å². The van der Waals surface area contributed by atoms with E-state index in [1.807, 2.05) is 6.07 Å². The second kappa shape index (κ2) is 4.64. The minimum Gasteiger partial charge on any atom is -0.369 e. The molecule has 0 amide bonds. The van der Waals surface area contributed by atoms with Crippen LogP contribution in [0.3, 0.4) is 0 Å². The van der Waals surface area contributed by atoms with Gasteiger partial charge in [-0.1, -0.05) is 6.07 Å². The maximum absolute atomic E-state index is 13.8. The quantitative estimate of drug-likeness (QED) is 0.781. The van der Waals surface area contributed by atoms with Gasteiger partial charge >= 0.3 is 0 Å². The summed E-state index contributed by atoms with van der Waals surface area (Å²) in [5, 5.41) is 0. The van der Waals surface area contributed by atoms with Gasteiger partial charge in [0.25, 0.3) is 0 Å². The molecule has 1 fully saturated rings. The van der Waals surface area contributed by atoms with E-state index in [1.54, 1.807) is 6.07 Å². The average Bonchev–Trinajstić information content (AvgIpc) is 2.69. The Morgan fingerprint density at radius 3 is 2.62 bits per heavy atom. The number of rotatable bonds is 3. The number of ketones is 1. The third-order valence-corrected chi connectivity index (χ3v) is 2.91. The van der Waals surface area contributed by atoms with Gasteiger partial charge in [-0.05, 0) is 37.5 Å². The highest BCUT2D eigenvalue weighted by atomic mass is 19.1. The van der Waals surface area contributed by atoms with Gasteiger partial charge in [0.1, 0.15) is 11.6 Å². The molecule has 0 spiro atoms. The SMILES string of the molecule is CC(=O)Cc1ccc(N2CCCC2)c(F)c1. The van der Waals surface area contributed by atoms with Gasteiger partial charge in [0, 0.05) is 19.5 Å². The van der Waals surface area contributed by atoms with E-state index in [0.29, 0.717) is 12.1 Å². The van der Waals surface area contributed by atoms with Gasteiger partial charge in [-0.25, -0.2) is 4.39 Å².